The first-order valence-electron chi connectivity index (χ1n) is 11.8. The summed E-state index contributed by atoms with van der Waals surface area (Å²) in [5.41, 5.74) is 5.42. The molecular weight excluding hydrogens is 402 g/mol. The molecular formula is C27H38ClN3. The molecule has 1 aromatic carbocycles. The van der Waals surface area contributed by atoms with Crippen LogP contribution in [-0.4, -0.2) is 48.4 Å². The van der Waals surface area contributed by atoms with Crippen LogP contribution in [0.2, 0.25) is 5.02 Å². The lowest BCUT2D eigenvalue weighted by molar-refractivity contribution is 0.162. The van der Waals surface area contributed by atoms with Crippen molar-refractivity contribution in [1.82, 2.24) is 9.80 Å². The minimum atomic E-state index is 0.390. The SMILES string of the molecule is CC.CC(C)(C)CCN1CCN(C2=NC3=C(CC=CC=C3)Cc3ccc(Cl)cc32)CC1. The van der Waals surface area contributed by atoms with Crippen LogP contribution >= 0.6 is 11.6 Å². The van der Waals surface area contributed by atoms with Crippen LogP contribution in [0.5, 0.6) is 0 Å². The maximum atomic E-state index is 6.40. The van der Waals surface area contributed by atoms with Crippen LogP contribution in [0.15, 0.2) is 58.8 Å². The number of piperazine rings is 1. The summed E-state index contributed by atoms with van der Waals surface area (Å²) in [6.07, 6.45) is 11.8. The fourth-order valence-corrected chi connectivity index (χ4v) is 4.34. The van der Waals surface area contributed by atoms with Crippen molar-refractivity contribution in [3.63, 3.8) is 0 Å². The van der Waals surface area contributed by atoms with Gasteiger partial charge in [0.25, 0.3) is 0 Å². The Morgan fingerprint density at radius 3 is 2.48 bits per heavy atom. The molecule has 3 nitrogen and oxygen atoms in total. The number of aliphatic imine (C=N–C) groups is 1. The Labute approximate surface area is 194 Å². The van der Waals surface area contributed by atoms with Gasteiger partial charge in [0.05, 0.1) is 5.70 Å². The maximum absolute atomic E-state index is 6.40. The van der Waals surface area contributed by atoms with Gasteiger partial charge < -0.3 is 4.90 Å². The first-order valence-corrected chi connectivity index (χ1v) is 12.2. The van der Waals surface area contributed by atoms with Gasteiger partial charge in [-0.1, -0.05) is 70.5 Å². The summed E-state index contributed by atoms with van der Waals surface area (Å²) < 4.78 is 0. The number of allylic oxidation sites excluding steroid dienone is 5. The molecule has 0 radical (unpaired) electrons. The summed E-state index contributed by atoms with van der Waals surface area (Å²) in [5, 5.41) is 0.785. The number of hydrogen-bond donors (Lipinski definition) is 0. The average Bonchev–Trinajstić information content (AvgIpc) is 3.05. The monoisotopic (exact) mass is 439 g/mol. The van der Waals surface area contributed by atoms with E-state index in [1.54, 1.807) is 0 Å². The van der Waals surface area contributed by atoms with E-state index in [1.807, 2.05) is 19.9 Å². The number of amidine groups is 1. The van der Waals surface area contributed by atoms with E-state index in [9.17, 15) is 0 Å². The van der Waals surface area contributed by atoms with Crippen molar-refractivity contribution in [3.05, 3.63) is 69.9 Å². The van der Waals surface area contributed by atoms with E-state index in [-0.39, 0.29) is 0 Å². The van der Waals surface area contributed by atoms with Crippen LogP contribution in [-0.2, 0) is 6.42 Å². The van der Waals surface area contributed by atoms with Gasteiger partial charge >= 0.3 is 0 Å². The first-order chi connectivity index (χ1) is 14.9. The summed E-state index contributed by atoms with van der Waals surface area (Å²) >= 11 is 6.40. The fourth-order valence-electron chi connectivity index (χ4n) is 4.17. The molecule has 1 saturated heterocycles. The highest BCUT2D eigenvalue weighted by Gasteiger charge is 2.26. The van der Waals surface area contributed by atoms with Crippen molar-refractivity contribution in [1.29, 1.82) is 0 Å². The highest BCUT2D eigenvalue weighted by molar-refractivity contribution is 6.31. The summed E-state index contributed by atoms with van der Waals surface area (Å²) in [4.78, 5) is 10.3. The largest absolute Gasteiger partial charge is 0.354 e. The minimum absolute atomic E-state index is 0.390. The van der Waals surface area contributed by atoms with E-state index >= 15 is 0 Å². The molecule has 4 rings (SSSR count). The van der Waals surface area contributed by atoms with Crippen LogP contribution < -0.4 is 0 Å². The maximum Gasteiger partial charge on any atom is 0.136 e. The number of benzene rings is 1. The Morgan fingerprint density at radius 2 is 1.77 bits per heavy atom. The number of hydrogen-bond acceptors (Lipinski definition) is 3. The third-order valence-corrected chi connectivity index (χ3v) is 6.26. The standard InChI is InChI=1S/C25H32ClN3.C2H6/c1-25(2,3)11-12-28-13-15-29(16-14-28)24-22-18-21(26)10-9-19(22)17-20-7-5-4-6-8-23(20)27-24;1-2/h4-6,8-10,18H,7,11-17H2,1-3H3;1-2H3. The van der Waals surface area contributed by atoms with Gasteiger partial charge in [0.15, 0.2) is 0 Å². The molecule has 168 valence electrons. The summed E-state index contributed by atoms with van der Waals surface area (Å²) in [6.45, 7) is 16.4. The Balaban J connectivity index is 0.00000132. The van der Waals surface area contributed by atoms with Gasteiger partial charge in [0.1, 0.15) is 5.84 Å². The molecule has 0 bridgehead atoms. The second-order valence-electron chi connectivity index (χ2n) is 9.53. The van der Waals surface area contributed by atoms with E-state index in [4.69, 9.17) is 16.6 Å². The van der Waals surface area contributed by atoms with Crippen LogP contribution in [0.25, 0.3) is 0 Å². The molecule has 0 saturated carbocycles. The second kappa shape index (κ2) is 10.7. The van der Waals surface area contributed by atoms with Crippen molar-refractivity contribution in [2.24, 2.45) is 10.4 Å². The fraction of sp³-hybridized carbons (Fsp3) is 0.519. The van der Waals surface area contributed by atoms with Gasteiger partial charge in [0, 0.05) is 36.8 Å². The van der Waals surface area contributed by atoms with E-state index in [2.05, 4.69) is 67.0 Å². The topological polar surface area (TPSA) is 18.8 Å². The minimum Gasteiger partial charge on any atom is -0.354 e. The summed E-state index contributed by atoms with van der Waals surface area (Å²) in [7, 11) is 0. The van der Waals surface area contributed by atoms with Crippen LogP contribution in [0, 0.1) is 5.41 Å². The van der Waals surface area contributed by atoms with Gasteiger partial charge in [0.2, 0.25) is 0 Å². The van der Waals surface area contributed by atoms with Gasteiger partial charge in [-0.3, -0.25) is 4.90 Å². The number of nitrogens with zero attached hydrogens (tertiary/aromatic N) is 3. The normalized spacial score (nSPS) is 19.0. The predicted octanol–water partition coefficient (Wildman–Crippen LogP) is 6.49. The van der Waals surface area contributed by atoms with Crippen LogP contribution in [0.4, 0.5) is 0 Å². The Bertz CT molecular complexity index is 878. The average molecular weight is 440 g/mol. The molecule has 2 heterocycles. The molecule has 1 aromatic rings. The van der Waals surface area contributed by atoms with Gasteiger partial charge in [-0.25, -0.2) is 4.99 Å². The molecule has 4 heteroatoms. The lowest BCUT2D eigenvalue weighted by Crippen LogP contribution is -2.49. The molecule has 2 aliphatic heterocycles. The molecule has 0 N–H and O–H groups in total. The molecule has 0 aromatic heterocycles. The van der Waals surface area contributed by atoms with Gasteiger partial charge in [-0.05, 0) is 60.6 Å². The lowest BCUT2D eigenvalue weighted by atomic mass is 9.92. The zero-order valence-corrected chi connectivity index (χ0v) is 20.7. The third kappa shape index (κ3) is 6.33. The van der Waals surface area contributed by atoms with Gasteiger partial charge in [-0.2, -0.15) is 0 Å². The van der Waals surface area contributed by atoms with E-state index < -0.39 is 0 Å². The molecule has 0 unspecified atom stereocenters. The highest BCUT2D eigenvalue weighted by Crippen LogP contribution is 2.30. The van der Waals surface area contributed by atoms with Crippen LogP contribution in [0.1, 0.15) is 58.6 Å². The molecule has 31 heavy (non-hydrogen) atoms. The van der Waals surface area contributed by atoms with E-state index in [1.165, 1.54) is 29.7 Å². The second-order valence-corrected chi connectivity index (χ2v) is 9.97. The first kappa shape index (κ1) is 23.8. The number of halogens is 1. The molecule has 0 atom stereocenters. The Morgan fingerprint density at radius 1 is 1.03 bits per heavy atom. The van der Waals surface area contributed by atoms with Gasteiger partial charge in [-0.15, -0.1) is 0 Å². The Kier molecular flexibility index (Phi) is 8.18. The molecule has 3 aliphatic rings. The lowest BCUT2D eigenvalue weighted by Gasteiger charge is -2.37. The third-order valence-electron chi connectivity index (χ3n) is 6.02. The van der Waals surface area contributed by atoms with Crippen molar-refractivity contribution < 1.29 is 0 Å². The highest BCUT2D eigenvalue weighted by atomic mass is 35.5. The van der Waals surface area contributed by atoms with Crippen molar-refractivity contribution in [2.75, 3.05) is 32.7 Å². The van der Waals surface area contributed by atoms with Crippen molar-refractivity contribution >= 4 is 17.4 Å². The molecule has 0 spiro atoms. The van der Waals surface area contributed by atoms with E-state index in [0.29, 0.717) is 5.41 Å². The molecule has 1 fully saturated rings. The summed E-state index contributed by atoms with van der Waals surface area (Å²) in [5.74, 6) is 1.09. The molecule has 1 aliphatic carbocycles. The van der Waals surface area contributed by atoms with Crippen LogP contribution in [0.3, 0.4) is 0 Å². The Hall–Kier alpha value is -1.84. The van der Waals surface area contributed by atoms with Crippen molar-refractivity contribution in [2.45, 2.75) is 53.9 Å². The predicted molar refractivity (Wildman–Crippen MR) is 135 cm³/mol. The number of fused-ring (bicyclic) bond motifs is 1. The number of rotatable bonds is 2. The van der Waals surface area contributed by atoms with E-state index in [0.717, 1.165) is 55.6 Å². The smallest absolute Gasteiger partial charge is 0.136 e. The molecule has 0 amide bonds. The van der Waals surface area contributed by atoms with Crippen molar-refractivity contribution in [3.8, 4) is 0 Å². The summed E-state index contributed by atoms with van der Waals surface area (Å²) in [6, 6.07) is 6.30. The quantitative estimate of drug-likeness (QED) is 0.524. The zero-order chi connectivity index (χ0) is 22.4. The zero-order valence-electron chi connectivity index (χ0n) is 19.9.